The molecule has 6 nitrogen and oxygen atoms in total. The van der Waals surface area contributed by atoms with E-state index in [9.17, 15) is 8.42 Å². The normalized spacial score (nSPS) is 19.6. The lowest BCUT2D eigenvalue weighted by Gasteiger charge is -2.23. The summed E-state index contributed by atoms with van der Waals surface area (Å²) in [6.45, 7) is 7.81. The predicted octanol–water partition coefficient (Wildman–Crippen LogP) is 1.42. The summed E-state index contributed by atoms with van der Waals surface area (Å²) in [6.07, 6.45) is 0.730. The van der Waals surface area contributed by atoms with Gasteiger partial charge in [-0.25, -0.2) is 8.42 Å². The monoisotopic (exact) mass is 316 g/mol. The number of furan rings is 1. The SMILES string of the molecule is CCNCc1c(C)oc(C)c1S(=O)(=O)N(C)C1CCOC1. The zero-order valence-corrected chi connectivity index (χ0v) is 13.9. The van der Waals surface area contributed by atoms with Crippen LogP contribution in [0.15, 0.2) is 9.31 Å². The number of aryl methyl sites for hydroxylation is 2. The summed E-state index contributed by atoms with van der Waals surface area (Å²) in [5, 5.41) is 3.17. The summed E-state index contributed by atoms with van der Waals surface area (Å²) in [5.74, 6) is 1.11. The van der Waals surface area contributed by atoms with Gasteiger partial charge in [0.15, 0.2) is 0 Å². The molecule has 1 aromatic heterocycles. The molecule has 0 radical (unpaired) electrons. The molecule has 21 heavy (non-hydrogen) atoms. The van der Waals surface area contributed by atoms with Gasteiger partial charge in [-0.3, -0.25) is 0 Å². The Kier molecular flexibility index (Phi) is 5.08. The summed E-state index contributed by atoms with van der Waals surface area (Å²) in [5.41, 5.74) is 0.722. The minimum atomic E-state index is -3.57. The lowest BCUT2D eigenvalue weighted by Crippen LogP contribution is -2.38. The maximum Gasteiger partial charge on any atom is 0.246 e. The lowest BCUT2D eigenvalue weighted by molar-refractivity contribution is 0.181. The van der Waals surface area contributed by atoms with Crippen LogP contribution in [0.5, 0.6) is 0 Å². The van der Waals surface area contributed by atoms with Crippen molar-refractivity contribution >= 4 is 10.0 Å². The van der Waals surface area contributed by atoms with Gasteiger partial charge in [0, 0.05) is 25.8 Å². The number of hydrogen-bond acceptors (Lipinski definition) is 5. The molecule has 2 heterocycles. The summed E-state index contributed by atoms with van der Waals surface area (Å²) >= 11 is 0. The molecule has 1 atom stereocenters. The Bertz CT molecular complexity index is 588. The third kappa shape index (κ3) is 3.15. The molecule has 2 rings (SSSR count). The molecule has 0 spiro atoms. The molecule has 0 aromatic carbocycles. The number of nitrogens with zero attached hydrogens (tertiary/aromatic N) is 1. The summed E-state index contributed by atoms with van der Waals surface area (Å²) < 4.78 is 38.1. The van der Waals surface area contributed by atoms with Gasteiger partial charge < -0.3 is 14.5 Å². The predicted molar refractivity (Wildman–Crippen MR) is 79.7 cm³/mol. The maximum atomic E-state index is 12.9. The lowest BCUT2D eigenvalue weighted by atomic mass is 10.2. The van der Waals surface area contributed by atoms with E-state index in [1.54, 1.807) is 20.9 Å². The van der Waals surface area contributed by atoms with Crippen LogP contribution in [0, 0.1) is 13.8 Å². The molecule has 1 aliphatic rings. The van der Waals surface area contributed by atoms with E-state index in [1.165, 1.54) is 4.31 Å². The molecular formula is C14H24N2O4S. The molecule has 0 bridgehead atoms. The molecule has 1 saturated heterocycles. The van der Waals surface area contributed by atoms with Crippen LogP contribution in [0.2, 0.25) is 0 Å². The van der Waals surface area contributed by atoms with Crippen LogP contribution in [-0.4, -0.2) is 45.6 Å². The Morgan fingerprint density at radius 1 is 1.33 bits per heavy atom. The van der Waals surface area contributed by atoms with Crippen LogP contribution in [0.1, 0.15) is 30.4 Å². The second-order valence-electron chi connectivity index (χ2n) is 5.34. The fourth-order valence-electron chi connectivity index (χ4n) is 2.65. The number of nitrogens with one attached hydrogen (secondary N) is 1. The smallest absolute Gasteiger partial charge is 0.246 e. The van der Waals surface area contributed by atoms with E-state index in [4.69, 9.17) is 9.15 Å². The first-order chi connectivity index (χ1) is 9.89. The number of rotatable bonds is 6. The van der Waals surface area contributed by atoms with Crippen LogP contribution in [0.4, 0.5) is 0 Å². The molecule has 1 aromatic rings. The zero-order chi connectivity index (χ0) is 15.6. The fourth-order valence-corrected chi connectivity index (χ4v) is 4.43. The molecule has 7 heteroatoms. The van der Waals surface area contributed by atoms with Gasteiger partial charge in [-0.1, -0.05) is 6.92 Å². The van der Waals surface area contributed by atoms with Crippen LogP contribution >= 0.6 is 0 Å². The summed E-state index contributed by atoms with van der Waals surface area (Å²) in [7, 11) is -1.96. The van der Waals surface area contributed by atoms with Crippen LogP contribution in [0.25, 0.3) is 0 Å². The van der Waals surface area contributed by atoms with Crippen molar-refractivity contribution in [3.8, 4) is 0 Å². The highest BCUT2D eigenvalue weighted by molar-refractivity contribution is 7.89. The minimum Gasteiger partial charge on any atom is -0.465 e. The number of likely N-dealkylation sites (N-methyl/N-ethyl adjacent to an activating group) is 1. The second-order valence-corrected chi connectivity index (χ2v) is 7.28. The van der Waals surface area contributed by atoms with Crippen molar-refractivity contribution in [1.29, 1.82) is 0 Å². The van der Waals surface area contributed by atoms with E-state index in [-0.39, 0.29) is 6.04 Å². The highest BCUT2D eigenvalue weighted by atomic mass is 32.2. The third-order valence-electron chi connectivity index (χ3n) is 3.93. The Morgan fingerprint density at radius 3 is 2.62 bits per heavy atom. The van der Waals surface area contributed by atoms with E-state index in [2.05, 4.69) is 5.32 Å². The van der Waals surface area contributed by atoms with Crippen molar-refractivity contribution < 1.29 is 17.6 Å². The van der Waals surface area contributed by atoms with Gasteiger partial charge >= 0.3 is 0 Å². The standard InChI is InChI=1S/C14H24N2O4S/c1-5-15-8-13-10(2)20-11(3)14(13)21(17,18)16(4)12-6-7-19-9-12/h12,15H,5-9H2,1-4H3. The van der Waals surface area contributed by atoms with Gasteiger partial charge in [0.1, 0.15) is 16.4 Å². The van der Waals surface area contributed by atoms with Crippen molar-refractivity contribution in [2.45, 2.75) is 44.7 Å². The van der Waals surface area contributed by atoms with Gasteiger partial charge in [-0.2, -0.15) is 4.31 Å². The molecule has 1 unspecified atom stereocenters. The number of sulfonamides is 1. The van der Waals surface area contributed by atoms with Crippen LogP contribution in [-0.2, 0) is 21.3 Å². The van der Waals surface area contributed by atoms with Crippen molar-refractivity contribution in [3.05, 3.63) is 17.1 Å². The summed E-state index contributed by atoms with van der Waals surface area (Å²) in [4.78, 5) is 0.301. The molecule has 1 fully saturated rings. The van der Waals surface area contributed by atoms with E-state index in [1.807, 2.05) is 6.92 Å². The van der Waals surface area contributed by atoms with E-state index >= 15 is 0 Å². The molecule has 0 saturated carbocycles. The molecule has 120 valence electrons. The molecule has 1 N–H and O–H groups in total. The third-order valence-corrected chi connectivity index (χ3v) is 6.04. The maximum absolute atomic E-state index is 12.9. The molecule has 1 aliphatic heterocycles. The Morgan fingerprint density at radius 2 is 2.05 bits per heavy atom. The van der Waals surface area contributed by atoms with E-state index in [0.717, 1.165) is 18.5 Å². The first-order valence-corrected chi connectivity index (χ1v) is 8.69. The van der Waals surface area contributed by atoms with Crippen LogP contribution < -0.4 is 5.32 Å². The van der Waals surface area contributed by atoms with Gasteiger partial charge in [0.05, 0.1) is 12.6 Å². The van der Waals surface area contributed by atoms with Gasteiger partial charge in [0.2, 0.25) is 10.0 Å². The molecule has 0 amide bonds. The second kappa shape index (κ2) is 6.48. The Balaban J connectivity index is 2.38. The van der Waals surface area contributed by atoms with Gasteiger partial charge in [-0.15, -0.1) is 0 Å². The first kappa shape index (κ1) is 16.5. The average molecular weight is 316 g/mol. The minimum absolute atomic E-state index is 0.100. The van der Waals surface area contributed by atoms with Crippen molar-refractivity contribution in [2.75, 3.05) is 26.8 Å². The molecule has 0 aliphatic carbocycles. The van der Waals surface area contributed by atoms with Crippen molar-refractivity contribution in [3.63, 3.8) is 0 Å². The van der Waals surface area contributed by atoms with Gasteiger partial charge in [-0.05, 0) is 26.8 Å². The first-order valence-electron chi connectivity index (χ1n) is 7.25. The Labute approximate surface area is 126 Å². The zero-order valence-electron chi connectivity index (χ0n) is 13.1. The van der Waals surface area contributed by atoms with Crippen molar-refractivity contribution in [2.24, 2.45) is 0 Å². The number of hydrogen-bond donors (Lipinski definition) is 1. The number of ether oxygens (including phenoxy) is 1. The van der Waals surface area contributed by atoms with Gasteiger partial charge in [0.25, 0.3) is 0 Å². The highest BCUT2D eigenvalue weighted by Crippen LogP contribution is 2.30. The fraction of sp³-hybridized carbons (Fsp3) is 0.714. The largest absolute Gasteiger partial charge is 0.465 e. The topological polar surface area (TPSA) is 71.8 Å². The quantitative estimate of drug-likeness (QED) is 0.859. The van der Waals surface area contributed by atoms with Crippen LogP contribution in [0.3, 0.4) is 0 Å². The van der Waals surface area contributed by atoms with E-state index < -0.39 is 10.0 Å². The van der Waals surface area contributed by atoms with Crippen molar-refractivity contribution in [1.82, 2.24) is 9.62 Å². The molecular weight excluding hydrogens is 292 g/mol. The highest BCUT2D eigenvalue weighted by Gasteiger charge is 2.35. The average Bonchev–Trinajstić information content (AvgIpc) is 3.03. The summed E-state index contributed by atoms with van der Waals surface area (Å²) in [6, 6.07) is -0.100. The van der Waals surface area contributed by atoms with E-state index in [0.29, 0.717) is 36.2 Å². The Hall–Kier alpha value is -0.890.